The van der Waals surface area contributed by atoms with Gasteiger partial charge in [0.05, 0.1) is 12.0 Å². The van der Waals surface area contributed by atoms with Crippen LogP contribution >= 0.6 is 0 Å². The van der Waals surface area contributed by atoms with Crippen molar-refractivity contribution in [1.82, 2.24) is 0 Å². The number of carboxylic acid groups (broad SMARTS) is 1. The molecule has 4 heteroatoms. The van der Waals surface area contributed by atoms with Gasteiger partial charge in [-0.1, -0.05) is 12.1 Å². The molecule has 4 nitrogen and oxygen atoms in total. The van der Waals surface area contributed by atoms with Crippen molar-refractivity contribution in [3.63, 3.8) is 0 Å². The second-order valence-corrected chi connectivity index (χ2v) is 4.41. The van der Waals surface area contributed by atoms with Crippen LogP contribution in [-0.4, -0.2) is 22.3 Å². The Kier molecular flexibility index (Phi) is 3.52. The molecule has 17 heavy (non-hydrogen) atoms. The SMILES string of the molecule is O=C(O)C1CCCC(Oc2ccccc2O)C1. The summed E-state index contributed by atoms with van der Waals surface area (Å²) in [6, 6.07) is 6.77. The van der Waals surface area contributed by atoms with Gasteiger partial charge in [-0.15, -0.1) is 0 Å². The smallest absolute Gasteiger partial charge is 0.306 e. The third-order valence-corrected chi connectivity index (χ3v) is 3.13. The molecule has 0 saturated heterocycles. The van der Waals surface area contributed by atoms with Crippen molar-refractivity contribution >= 4 is 5.97 Å². The van der Waals surface area contributed by atoms with Gasteiger partial charge in [-0.05, 0) is 37.8 Å². The quantitative estimate of drug-likeness (QED) is 0.845. The van der Waals surface area contributed by atoms with E-state index in [2.05, 4.69) is 0 Å². The fraction of sp³-hybridized carbons (Fsp3) is 0.462. The topological polar surface area (TPSA) is 66.8 Å². The Morgan fingerprint density at radius 2 is 2.06 bits per heavy atom. The Labute approximate surface area is 99.8 Å². The van der Waals surface area contributed by atoms with E-state index in [0.717, 1.165) is 19.3 Å². The molecule has 1 aromatic rings. The van der Waals surface area contributed by atoms with Gasteiger partial charge in [-0.25, -0.2) is 0 Å². The van der Waals surface area contributed by atoms with Crippen LogP contribution in [-0.2, 0) is 4.79 Å². The maximum absolute atomic E-state index is 10.9. The highest BCUT2D eigenvalue weighted by Crippen LogP contribution is 2.31. The van der Waals surface area contributed by atoms with Crippen molar-refractivity contribution in [2.24, 2.45) is 5.92 Å². The molecule has 0 bridgehead atoms. The van der Waals surface area contributed by atoms with Crippen LogP contribution in [0.2, 0.25) is 0 Å². The van der Waals surface area contributed by atoms with Crippen LogP contribution in [0.3, 0.4) is 0 Å². The molecule has 0 heterocycles. The summed E-state index contributed by atoms with van der Waals surface area (Å²) in [4.78, 5) is 10.9. The summed E-state index contributed by atoms with van der Waals surface area (Å²) < 4.78 is 5.65. The normalized spacial score (nSPS) is 24.2. The van der Waals surface area contributed by atoms with Crippen LogP contribution in [0, 0.1) is 5.92 Å². The zero-order chi connectivity index (χ0) is 12.3. The van der Waals surface area contributed by atoms with Crippen molar-refractivity contribution in [1.29, 1.82) is 0 Å². The minimum Gasteiger partial charge on any atom is -0.504 e. The van der Waals surface area contributed by atoms with E-state index >= 15 is 0 Å². The van der Waals surface area contributed by atoms with Gasteiger partial charge in [0.2, 0.25) is 0 Å². The Balaban J connectivity index is 1.99. The molecule has 1 aliphatic rings. The van der Waals surface area contributed by atoms with E-state index in [4.69, 9.17) is 9.84 Å². The van der Waals surface area contributed by atoms with Crippen molar-refractivity contribution in [3.05, 3.63) is 24.3 Å². The number of rotatable bonds is 3. The first-order valence-corrected chi connectivity index (χ1v) is 5.84. The fourth-order valence-electron chi connectivity index (χ4n) is 2.21. The Hall–Kier alpha value is -1.71. The van der Waals surface area contributed by atoms with Gasteiger partial charge in [0.25, 0.3) is 0 Å². The van der Waals surface area contributed by atoms with Crippen molar-refractivity contribution < 1.29 is 19.7 Å². The molecule has 2 rings (SSSR count). The third-order valence-electron chi connectivity index (χ3n) is 3.13. The van der Waals surface area contributed by atoms with Gasteiger partial charge in [-0.3, -0.25) is 4.79 Å². The standard InChI is InChI=1S/C13H16O4/c14-11-6-1-2-7-12(11)17-10-5-3-4-9(8-10)13(15)16/h1-2,6-7,9-10,14H,3-5,8H2,(H,15,16). The van der Waals surface area contributed by atoms with Gasteiger partial charge in [0.15, 0.2) is 11.5 Å². The van der Waals surface area contributed by atoms with E-state index in [1.54, 1.807) is 24.3 Å². The van der Waals surface area contributed by atoms with E-state index in [1.807, 2.05) is 0 Å². The highest BCUT2D eigenvalue weighted by Gasteiger charge is 2.28. The summed E-state index contributed by atoms with van der Waals surface area (Å²) >= 11 is 0. The van der Waals surface area contributed by atoms with Crippen LogP contribution in [0.4, 0.5) is 0 Å². The molecule has 1 fully saturated rings. The number of ether oxygens (including phenoxy) is 1. The summed E-state index contributed by atoms with van der Waals surface area (Å²) in [5.74, 6) is -0.538. The van der Waals surface area contributed by atoms with Crippen molar-refractivity contribution in [2.75, 3.05) is 0 Å². The van der Waals surface area contributed by atoms with Gasteiger partial charge < -0.3 is 14.9 Å². The van der Waals surface area contributed by atoms with Gasteiger partial charge in [0, 0.05) is 0 Å². The first kappa shape index (κ1) is 11.8. The number of para-hydroxylation sites is 2. The lowest BCUT2D eigenvalue weighted by Crippen LogP contribution is -2.29. The summed E-state index contributed by atoms with van der Waals surface area (Å²) in [5, 5.41) is 18.5. The summed E-state index contributed by atoms with van der Waals surface area (Å²) in [7, 11) is 0. The number of carboxylic acids is 1. The number of aromatic hydroxyl groups is 1. The molecular formula is C13H16O4. The Bertz CT molecular complexity index is 402. The van der Waals surface area contributed by atoms with Crippen molar-refractivity contribution in [2.45, 2.75) is 31.8 Å². The van der Waals surface area contributed by atoms with Crippen LogP contribution in [0.1, 0.15) is 25.7 Å². The van der Waals surface area contributed by atoms with Crippen LogP contribution < -0.4 is 4.74 Å². The lowest BCUT2D eigenvalue weighted by atomic mass is 9.87. The maximum atomic E-state index is 10.9. The zero-order valence-corrected chi connectivity index (χ0v) is 9.50. The molecular weight excluding hydrogens is 220 g/mol. The molecule has 1 saturated carbocycles. The van der Waals surface area contributed by atoms with Crippen LogP contribution in [0.5, 0.6) is 11.5 Å². The summed E-state index contributed by atoms with van der Waals surface area (Å²) in [5.41, 5.74) is 0. The van der Waals surface area contributed by atoms with E-state index in [9.17, 15) is 9.90 Å². The van der Waals surface area contributed by atoms with Gasteiger partial charge in [-0.2, -0.15) is 0 Å². The molecule has 1 aromatic carbocycles. The average molecular weight is 236 g/mol. The predicted octanol–water partition coefficient (Wildman–Crippen LogP) is 2.41. The van der Waals surface area contributed by atoms with E-state index < -0.39 is 5.97 Å². The maximum Gasteiger partial charge on any atom is 0.306 e. The van der Waals surface area contributed by atoms with E-state index in [0.29, 0.717) is 12.2 Å². The van der Waals surface area contributed by atoms with E-state index in [1.165, 1.54) is 0 Å². The minimum absolute atomic E-state index is 0.102. The molecule has 1 aliphatic carbocycles. The van der Waals surface area contributed by atoms with Gasteiger partial charge in [0.1, 0.15) is 0 Å². The van der Waals surface area contributed by atoms with E-state index in [-0.39, 0.29) is 17.8 Å². The zero-order valence-electron chi connectivity index (χ0n) is 9.50. The molecule has 2 N–H and O–H groups in total. The predicted molar refractivity (Wildman–Crippen MR) is 62.1 cm³/mol. The molecule has 92 valence electrons. The number of aliphatic carboxylic acids is 1. The minimum atomic E-state index is -0.754. The molecule has 0 aliphatic heterocycles. The number of hydrogen-bond acceptors (Lipinski definition) is 3. The third kappa shape index (κ3) is 2.90. The molecule has 2 unspecified atom stereocenters. The number of hydrogen-bond donors (Lipinski definition) is 2. The molecule has 0 aromatic heterocycles. The second-order valence-electron chi connectivity index (χ2n) is 4.41. The fourth-order valence-corrected chi connectivity index (χ4v) is 2.21. The Morgan fingerprint density at radius 3 is 2.76 bits per heavy atom. The second kappa shape index (κ2) is 5.08. The first-order valence-electron chi connectivity index (χ1n) is 5.84. The Morgan fingerprint density at radius 1 is 1.29 bits per heavy atom. The van der Waals surface area contributed by atoms with Crippen LogP contribution in [0.15, 0.2) is 24.3 Å². The number of phenols is 1. The van der Waals surface area contributed by atoms with Crippen molar-refractivity contribution in [3.8, 4) is 11.5 Å². The summed E-state index contributed by atoms with van der Waals surface area (Å²) in [6.07, 6.45) is 2.82. The average Bonchev–Trinajstić information content (AvgIpc) is 2.32. The molecule has 0 radical (unpaired) electrons. The monoisotopic (exact) mass is 236 g/mol. The largest absolute Gasteiger partial charge is 0.504 e. The van der Waals surface area contributed by atoms with Crippen LogP contribution in [0.25, 0.3) is 0 Å². The molecule has 0 amide bonds. The number of benzene rings is 1. The number of carbonyl (C=O) groups is 1. The first-order chi connectivity index (χ1) is 8.16. The summed E-state index contributed by atoms with van der Waals surface area (Å²) in [6.45, 7) is 0. The van der Waals surface area contributed by atoms with Gasteiger partial charge >= 0.3 is 5.97 Å². The molecule has 2 atom stereocenters. The highest BCUT2D eigenvalue weighted by atomic mass is 16.5. The lowest BCUT2D eigenvalue weighted by Gasteiger charge is -2.27. The number of phenolic OH excluding ortho intramolecular Hbond substituents is 1. The molecule has 0 spiro atoms. The highest BCUT2D eigenvalue weighted by molar-refractivity contribution is 5.70. The lowest BCUT2D eigenvalue weighted by molar-refractivity contribution is -0.143.